The third-order valence-electron chi connectivity index (χ3n) is 3.83. The first-order valence-corrected chi connectivity index (χ1v) is 9.87. The molecule has 0 aliphatic rings. The van der Waals surface area contributed by atoms with Gasteiger partial charge < -0.3 is 9.08 Å². The summed E-state index contributed by atoms with van der Waals surface area (Å²) in [7, 11) is -3.57. The van der Waals surface area contributed by atoms with Crippen molar-refractivity contribution in [1.82, 2.24) is 4.90 Å². The standard InChI is InChI=1S/C19H22FNO4S/c1-4-26(23,24)25-18-11-5-15(6-12-18)13-21(14(2)3)19(22)16-7-9-17(20)10-8-16/h5-12,14H,4,13H2,1-3H3. The van der Waals surface area contributed by atoms with Crippen LogP contribution >= 0.6 is 0 Å². The van der Waals surface area contributed by atoms with Gasteiger partial charge in [0.1, 0.15) is 11.6 Å². The number of hydrogen-bond acceptors (Lipinski definition) is 4. The molecule has 5 nitrogen and oxygen atoms in total. The fourth-order valence-electron chi connectivity index (χ4n) is 2.30. The first-order valence-electron chi connectivity index (χ1n) is 8.29. The van der Waals surface area contributed by atoms with Gasteiger partial charge in [-0.3, -0.25) is 4.79 Å². The molecule has 0 heterocycles. The van der Waals surface area contributed by atoms with Crippen molar-refractivity contribution in [2.24, 2.45) is 0 Å². The third kappa shape index (κ3) is 5.29. The van der Waals surface area contributed by atoms with Crippen LogP contribution in [0.25, 0.3) is 0 Å². The van der Waals surface area contributed by atoms with Gasteiger partial charge in [0.05, 0.1) is 5.75 Å². The SMILES string of the molecule is CCS(=O)(=O)Oc1ccc(CN(C(=O)c2ccc(F)cc2)C(C)C)cc1. The van der Waals surface area contributed by atoms with Crippen molar-refractivity contribution < 1.29 is 21.8 Å². The van der Waals surface area contributed by atoms with E-state index in [1.165, 1.54) is 31.2 Å². The van der Waals surface area contributed by atoms with Gasteiger partial charge in [0, 0.05) is 18.2 Å². The van der Waals surface area contributed by atoms with Crippen LogP contribution in [-0.2, 0) is 16.7 Å². The number of carbonyl (C=O) groups excluding carboxylic acids is 1. The number of hydrogen-bond donors (Lipinski definition) is 0. The number of carbonyl (C=O) groups is 1. The van der Waals surface area contributed by atoms with Gasteiger partial charge >= 0.3 is 10.1 Å². The summed E-state index contributed by atoms with van der Waals surface area (Å²) in [4.78, 5) is 14.4. The number of benzene rings is 2. The van der Waals surface area contributed by atoms with Crippen LogP contribution in [0.1, 0.15) is 36.7 Å². The molecule has 0 bridgehead atoms. The van der Waals surface area contributed by atoms with E-state index in [9.17, 15) is 17.6 Å². The van der Waals surface area contributed by atoms with Crippen molar-refractivity contribution in [2.75, 3.05) is 5.75 Å². The zero-order valence-electron chi connectivity index (χ0n) is 15.0. The summed E-state index contributed by atoms with van der Waals surface area (Å²) in [5.74, 6) is -0.470. The quantitative estimate of drug-likeness (QED) is 0.690. The second kappa shape index (κ2) is 8.31. The average molecular weight is 379 g/mol. The maximum atomic E-state index is 13.1. The van der Waals surface area contributed by atoms with Crippen LogP contribution in [-0.4, -0.2) is 31.0 Å². The highest BCUT2D eigenvalue weighted by molar-refractivity contribution is 7.87. The number of nitrogens with zero attached hydrogens (tertiary/aromatic N) is 1. The minimum atomic E-state index is -3.57. The van der Waals surface area contributed by atoms with Gasteiger partial charge in [-0.2, -0.15) is 8.42 Å². The van der Waals surface area contributed by atoms with Gasteiger partial charge in [-0.05, 0) is 62.7 Å². The van der Waals surface area contributed by atoms with E-state index in [4.69, 9.17) is 4.18 Å². The van der Waals surface area contributed by atoms with Crippen LogP contribution < -0.4 is 4.18 Å². The third-order valence-corrected chi connectivity index (χ3v) is 4.98. The summed E-state index contributed by atoms with van der Waals surface area (Å²) in [6.07, 6.45) is 0. The molecule has 0 aliphatic carbocycles. The van der Waals surface area contributed by atoms with Gasteiger partial charge in [0.15, 0.2) is 0 Å². The van der Waals surface area contributed by atoms with Crippen molar-refractivity contribution in [1.29, 1.82) is 0 Å². The topological polar surface area (TPSA) is 63.7 Å². The molecular formula is C19H22FNO4S. The van der Waals surface area contributed by atoms with Gasteiger partial charge in [-0.25, -0.2) is 4.39 Å². The van der Waals surface area contributed by atoms with Crippen LogP contribution in [0, 0.1) is 5.82 Å². The molecular weight excluding hydrogens is 357 g/mol. The highest BCUT2D eigenvalue weighted by atomic mass is 32.2. The normalized spacial score (nSPS) is 11.4. The van der Waals surface area contributed by atoms with E-state index in [2.05, 4.69) is 0 Å². The van der Waals surface area contributed by atoms with E-state index in [0.29, 0.717) is 12.1 Å². The predicted molar refractivity (Wildman–Crippen MR) is 97.9 cm³/mol. The Morgan fingerprint density at radius 2 is 1.65 bits per heavy atom. The Kier molecular flexibility index (Phi) is 6.37. The van der Waals surface area contributed by atoms with Crippen molar-refractivity contribution in [2.45, 2.75) is 33.4 Å². The molecule has 0 unspecified atom stereocenters. The van der Waals surface area contributed by atoms with Gasteiger partial charge in [-0.1, -0.05) is 12.1 Å². The van der Waals surface area contributed by atoms with E-state index >= 15 is 0 Å². The smallest absolute Gasteiger partial charge is 0.308 e. The summed E-state index contributed by atoms with van der Waals surface area (Å²) >= 11 is 0. The molecule has 0 atom stereocenters. The average Bonchev–Trinajstić information content (AvgIpc) is 2.60. The minimum absolute atomic E-state index is 0.0658. The van der Waals surface area contributed by atoms with Gasteiger partial charge in [-0.15, -0.1) is 0 Å². The highest BCUT2D eigenvalue weighted by Gasteiger charge is 2.19. The Morgan fingerprint density at radius 1 is 1.08 bits per heavy atom. The van der Waals surface area contributed by atoms with E-state index in [1.54, 1.807) is 29.2 Å². The molecule has 0 aliphatic heterocycles. The molecule has 0 spiro atoms. The molecule has 0 saturated carbocycles. The lowest BCUT2D eigenvalue weighted by Crippen LogP contribution is -2.36. The molecule has 7 heteroatoms. The second-order valence-corrected chi connectivity index (χ2v) is 7.97. The van der Waals surface area contributed by atoms with Gasteiger partial charge in [0.2, 0.25) is 0 Å². The fourth-order valence-corrected chi connectivity index (χ4v) is 2.82. The first kappa shape index (κ1) is 19.9. The molecule has 2 aromatic carbocycles. The van der Waals surface area contributed by atoms with Crippen LogP contribution in [0.2, 0.25) is 0 Å². The summed E-state index contributed by atoms with van der Waals surface area (Å²) in [6, 6.07) is 11.9. The van der Waals surface area contributed by atoms with Gasteiger partial charge in [0.25, 0.3) is 5.91 Å². The number of amides is 1. The summed E-state index contributed by atoms with van der Waals surface area (Å²) in [5, 5.41) is 0. The van der Waals surface area contributed by atoms with E-state index in [1.807, 2.05) is 13.8 Å². The van der Waals surface area contributed by atoms with Crippen LogP contribution in [0.15, 0.2) is 48.5 Å². The van der Waals surface area contributed by atoms with Crippen molar-refractivity contribution in [3.63, 3.8) is 0 Å². The molecule has 0 radical (unpaired) electrons. The summed E-state index contributed by atoms with van der Waals surface area (Å²) in [6.45, 7) is 5.64. The lowest BCUT2D eigenvalue weighted by atomic mass is 10.1. The minimum Gasteiger partial charge on any atom is -0.382 e. The van der Waals surface area contributed by atoms with Crippen LogP contribution in [0.3, 0.4) is 0 Å². The van der Waals surface area contributed by atoms with Crippen molar-refractivity contribution >= 4 is 16.0 Å². The van der Waals surface area contributed by atoms with E-state index < -0.39 is 15.9 Å². The molecule has 0 fully saturated rings. The largest absolute Gasteiger partial charge is 0.382 e. The molecule has 2 aromatic rings. The molecule has 26 heavy (non-hydrogen) atoms. The van der Waals surface area contributed by atoms with Crippen LogP contribution in [0.5, 0.6) is 5.75 Å². The van der Waals surface area contributed by atoms with E-state index in [-0.39, 0.29) is 23.5 Å². The second-order valence-electron chi connectivity index (χ2n) is 6.11. The Bertz CT molecular complexity index is 846. The molecule has 2 rings (SSSR count). The van der Waals surface area contributed by atoms with Crippen molar-refractivity contribution in [3.8, 4) is 5.75 Å². The highest BCUT2D eigenvalue weighted by Crippen LogP contribution is 2.18. The zero-order chi connectivity index (χ0) is 19.3. The Labute approximate surface area is 153 Å². The summed E-state index contributed by atoms with van der Waals surface area (Å²) < 4.78 is 41.0. The molecule has 1 amide bonds. The Balaban J connectivity index is 2.14. The zero-order valence-corrected chi connectivity index (χ0v) is 15.8. The maximum absolute atomic E-state index is 13.1. The monoisotopic (exact) mass is 379 g/mol. The number of halogens is 1. The maximum Gasteiger partial charge on any atom is 0.308 e. The van der Waals surface area contributed by atoms with Crippen molar-refractivity contribution in [3.05, 3.63) is 65.5 Å². The lowest BCUT2D eigenvalue weighted by Gasteiger charge is -2.27. The Morgan fingerprint density at radius 3 is 2.15 bits per heavy atom. The first-order chi connectivity index (χ1) is 12.2. The fraction of sp³-hybridized carbons (Fsp3) is 0.316. The molecule has 0 N–H and O–H groups in total. The summed E-state index contributed by atoms with van der Waals surface area (Å²) in [5.41, 5.74) is 1.24. The molecule has 0 aromatic heterocycles. The Hall–Kier alpha value is -2.41. The lowest BCUT2D eigenvalue weighted by molar-refractivity contribution is 0.0690. The number of rotatable bonds is 7. The van der Waals surface area contributed by atoms with Crippen LogP contribution in [0.4, 0.5) is 4.39 Å². The predicted octanol–water partition coefficient (Wildman–Crippen LogP) is 3.61. The molecule has 140 valence electrons. The van der Waals surface area contributed by atoms with E-state index in [0.717, 1.165) is 5.56 Å². The molecule has 0 saturated heterocycles.